The summed E-state index contributed by atoms with van der Waals surface area (Å²) >= 11 is 0. The van der Waals surface area contributed by atoms with E-state index in [1.165, 1.54) is 16.7 Å². The lowest BCUT2D eigenvalue weighted by Gasteiger charge is -2.18. The van der Waals surface area contributed by atoms with Crippen molar-refractivity contribution in [3.05, 3.63) is 108 Å². The summed E-state index contributed by atoms with van der Waals surface area (Å²) in [6.45, 7) is 0.865. The fraction of sp³-hybridized carbons (Fsp3) is 0.280. The zero-order valence-electron chi connectivity index (χ0n) is 16.0. The summed E-state index contributed by atoms with van der Waals surface area (Å²) in [6.07, 6.45) is 6.72. The van der Waals surface area contributed by atoms with Crippen LogP contribution in [0.2, 0.25) is 0 Å². The van der Waals surface area contributed by atoms with Crippen LogP contribution in [0.1, 0.15) is 23.1 Å². The average Bonchev–Trinajstić information content (AvgIpc) is 2.75. The van der Waals surface area contributed by atoms with Gasteiger partial charge in [-0.25, -0.2) is 0 Å². The standard InChI is InChI=1S/C25H29OP/c1-4-11-23(12-5-1)17-10-20-26-27(21-18-24-13-6-2-7-14-24)22-19-25-15-8-3-9-16-25/h1-9,11-16H,10,17-22H2. The Bertz CT molecular complexity index is 700. The fourth-order valence-electron chi connectivity index (χ4n) is 3.15. The van der Waals surface area contributed by atoms with E-state index in [2.05, 4.69) is 91.0 Å². The first-order chi connectivity index (χ1) is 13.4. The zero-order chi connectivity index (χ0) is 18.6. The van der Waals surface area contributed by atoms with Gasteiger partial charge in [-0.05, 0) is 54.7 Å². The van der Waals surface area contributed by atoms with Gasteiger partial charge in [-0.3, -0.25) is 0 Å². The number of hydrogen-bond donors (Lipinski definition) is 0. The molecule has 3 rings (SSSR count). The molecule has 0 saturated carbocycles. The van der Waals surface area contributed by atoms with Gasteiger partial charge in [-0.2, -0.15) is 0 Å². The summed E-state index contributed by atoms with van der Waals surface area (Å²) in [6, 6.07) is 32.3. The molecular formula is C25H29OP. The third-order valence-electron chi connectivity index (χ3n) is 4.71. The van der Waals surface area contributed by atoms with Gasteiger partial charge in [0.2, 0.25) is 0 Å². The molecule has 0 bridgehead atoms. The Labute approximate surface area is 165 Å². The van der Waals surface area contributed by atoms with Crippen molar-refractivity contribution in [2.45, 2.75) is 25.7 Å². The van der Waals surface area contributed by atoms with Gasteiger partial charge in [0.05, 0.1) is 6.61 Å². The summed E-state index contributed by atoms with van der Waals surface area (Å²) in [4.78, 5) is 0. The number of aryl methyl sites for hydroxylation is 3. The Kier molecular flexibility index (Phi) is 8.58. The van der Waals surface area contributed by atoms with Crippen LogP contribution in [-0.4, -0.2) is 18.9 Å². The molecule has 0 aliphatic carbocycles. The van der Waals surface area contributed by atoms with Gasteiger partial charge < -0.3 is 4.52 Å². The van der Waals surface area contributed by atoms with Gasteiger partial charge in [0.15, 0.2) is 0 Å². The molecule has 140 valence electrons. The molecule has 3 aromatic rings. The topological polar surface area (TPSA) is 9.23 Å². The maximum absolute atomic E-state index is 6.37. The van der Waals surface area contributed by atoms with Crippen LogP contribution in [0.5, 0.6) is 0 Å². The van der Waals surface area contributed by atoms with E-state index in [-0.39, 0.29) is 8.15 Å². The molecule has 0 aromatic heterocycles. The van der Waals surface area contributed by atoms with Gasteiger partial charge in [-0.1, -0.05) is 91.0 Å². The Morgan fingerprint density at radius 1 is 0.519 bits per heavy atom. The molecule has 0 aliphatic heterocycles. The van der Waals surface area contributed by atoms with Gasteiger partial charge in [0, 0.05) is 8.15 Å². The summed E-state index contributed by atoms with van der Waals surface area (Å²) in [5, 5.41) is 0. The minimum atomic E-state index is -0.389. The lowest BCUT2D eigenvalue weighted by atomic mass is 10.1. The third-order valence-corrected chi connectivity index (χ3v) is 6.70. The van der Waals surface area contributed by atoms with E-state index in [0.29, 0.717) is 0 Å². The monoisotopic (exact) mass is 376 g/mol. The summed E-state index contributed by atoms with van der Waals surface area (Å²) in [7, 11) is -0.389. The third kappa shape index (κ3) is 7.67. The molecule has 3 aromatic carbocycles. The van der Waals surface area contributed by atoms with Crippen molar-refractivity contribution in [3.8, 4) is 0 Å². The molecule has 0 radical (unpaired) electrons. The van der Waals surface area contributed by atoms with Crippen LogP contribution >= 0.6 is 8.15 Å². The van der Waals surface area contributed by atoms with Crippen molar-refractivity contribution >= 4 is 8.15 Å². The molecule has 1 nitrogen and oxygen atoms in total. The maximum atomic E-state index is 6.37. The Morgan fingerprint density at radius 3 is 1.37 bits per heavy atom. The van der Waals surface area contributed by atoms with Crippen LogP contribution < -0.4 is 0 Å². The minimum Gasteiger partial charge on any atom is -0.359 e. The molecule has 0 spiro atoms. The molecule has 0 atom stereocenters. The summed E-state index contributed by atoms with van der Waals surface area (Å²) in [5.74, 6) is 0. The largest absolute Gasteiger partial charge is 0.359 e. The highest BCUT2D eigenvalue weighted by molar-refractivity contribution is 7.52. The van der Waals surface area contributed by atoms with Gasteiger partial charge in [0.25, 0.3) is 0 Å². The summed E-state index contributed by atoms with van der Waals surface area (Å²) < 4.78 is 6.37. The van der Waals surface area contributed by atoms with Crippen molar-refractivity contribution < 1.29 is 4.52 Å². The lowest BCUT2D eigenvalue weighted by molar-refractivity contribution is 0.343. The van der Waals surface area contributed by atoms with Crippen LogP contribution in [0.4, 0.5) is 0 Å². The second kappa shape index (κ2) is 11.7. The van der Waals surface area contributed by atoms with Crippen molar-refractivity contribution in [2.75, 3.05) is 18.9 Å². The van der Waals surface area contributed by atoms with E-state index in [4.69, 9.17) is 4.52 Å². The Morgan fingerprint density at radius 2 is 0.926 bits per heavy atom. The van der Waals surface area contributed by atoms with Crippen LogP contribution in [0.15, 0.2) is 91.0 Å². The second-order valence-electron chi connectivity index (χ2n) is 6.82. The highest BCUT2D eigenvalue weighted by Crippen LogP contribution is 2.38. The highest BCUT2D eigenvalue weighted by atomic mass is 31.1. The molecule has 0 amide bonds. The van der Waals surface area contributed by atoms with Crippen molar-refractivity contribution in [2.24, 2.45) is 0 Å². The molecule has 0 heterocycles. The molecular weight excluding hydrogens is 347 g/mol. The van der Waals surface area contributed by atoms with Crippen molar-refractivity contribution in [1.82, 2.24) is 0 Å². The number of rotatable bonds is 11. The van der Waals surface area contributed by atoms with Gasteiger partial charge >= 0.3 is 0 Å². The van der Waals surface area contributed by atoms with E-state index >= 15 is 0 Å². The SMILES string of the molecule is c1ccc(CCCOP(CCc2ccccc2)CCc2ccccc2)cc1. The van der Waals surface area contributed by atoms with Crippen molar-refractivity contribution in [3.63, 3.8) is 0 Å². The first-order valence-corrected chi connectivity index (χ1v) is 11.5. The number of hydrogen-bond acceptors (Lipinski definition) is 1. The fourth-order valence-corrected chi connectivity index (χ4v) is 5.04. The van der Waals surface area contributed by atoms with Crippen molar-refractivity contribution in [1.29, 1.82) is 0 Å². The molecule has 0 unspecified atom stereocenters. The lowest BCUT2D eigenvalue weighted by Crippen LogP contribution is -2.03. The van der Waals surface area contributed by atoms with Crippen LogP contribution in [0.3, 0.4) is 0 Å². The van der Waals surface area contributed by atoms with E-state index in [1.54, 1.807) is 0 Å². The molecule has 0 aliphatic rings. The van der Waals surface area contributed by atoms with Gasteiger partial charge in [-0.15, -0.1) is 0 Å². The predicted molar refractivity (Wildman–Crippen MR) is 118 cm³/mol. The zero-order valence-corrected chi connectivity index (χ0v) is 16.9. The normalized spacial score (nSPS) is 11.0. The average molecular weight is 376 g/mol. The van der Waals surface area contributed by atoms with E-state index in [9.17, 15) is 0 Å². The van der Waals surface area contributed by atoms with E-state index < -0.39 is 0 Å². The van der Waals surface area contributed by atoms with E-state index in [1.807, 2.05) is 0 Å². The Balaban J connectivity index is 1.47. The first kappa shape index (κ1) is 19.8. The quantitative estimate of drug-likeness (QED) is 0.273. The van der Waals surface area contributed by atoms with Crippen LogP contribution in [-0.2, 0) is 23.8 Å². The minimum absolute atomic E-state index is 0.389. The number of benzene rings is 3. The van der Waals surface area contributed by atoms with Gasteiger partial charge in [0.1, 0.15) is 0 Å². The second-order valence-corrected chi connectivity index (χ2v) is 8.94. The molecule has 0 fully saturated rings. The van der Waals surface area contributed by atoms with Crippen LogP contribution in [0, 0.1) is 0 Å². The van der Waals surface area contributed by atoms with Crippen LogP contribution in [0.25, 0.3) is 0 Å². The molecule has 27 heavy (non-hydrogen) atoms. The predicted octanol–water partition coefficient (Wildman–Crippen LogP) is 6.52. The maximum Gasteiger partial charge on any atom is 0.0512 e. The first-order valence-electron chi connectivity index (χ1n) is 9.90. The Hall–Kier alpha value is -1.95. The highest BCUT2D eigenvalue weighted by Gasteiger charge is 2.10. The summed E-state index contributed by atoms with van der Waals surface area (Å²) in [5.41, 5.74) is 4.23. The smallest absolute Gasteiger partial charge is 0.0512 e. The van der Waals surface area contributed by atoms with E-state index in [0.717, 1.165) is 44.6 Å². The molecule has 2 heteroatoms. The molecule has 0 saturated heterocycles. The molecule has 0 N–H and O–H groups in total.